The molecule has 0 bridgehead atoms. The monoisotopic (exact) mass is 394 g/mol. The van der Waals surface area contributed by atoms with E-state index in [9.17, 15) is 0 Å². The summed E-state index contributed by atoms with van der Waals surface area (Å²) in [6.45, 7) is 4.55. The van der Waals surface area contributed by atoms with Gasteiger partial charge in [-0.2, -0.15) is 0 Å². The predicted octanol–water partition coefficient (Wildman–Crippen LogP) is 5.32. The fourth-order valence-corrected chi connectivity index (χ4v) is 1.93. The molecule has 0 nitrogen and oxygen atoms in total. The maximum atomic E-state index is 2.59. The molecule has 0 saturated heterocycles. The third-order valence-electron chi connectivity index (χ3n) is 2.16. The maximum Gasteiger partial charge on any atom is 0.0732 e. The molecule has 0 aliphatic heterocycles. The van der Waals surface area contributed by atoms with Crippen LogP contribution in [0.3, 0.4) is 0 Å². The summed E-state index contributed by atoms with van der Waals surface area (Å²) < 4.78 is 0.529. The SMILES string of the molecule is CCCCCCCC(I)(I)CC. The summed E-state index contributed by atoms with van der Waals surface area (Å²) in [5, 5.41) is 0. The molecule has 0 aromatic rings. The lowest BCUT2D eigenvalue weighted by molar-refractivity contribution is 0.592. The van der Waals surface area contributed by atoms with Crippen molar-refractivity contribution in [3.05, 3.63) is 0 Å². The first kappa shape index (κ1) is 13.5. The van der Waals surface area contributed by atoms with Crippen LogP contribution in [0.15, 0.2) is 0 Å². The van der Waals surface area contributed by atoms with Crippen LogP contribution in [0.5, 0.6) is 0 Å². The van der Waals surface area contributed by atoms with E-state index in [-0.39, 0.29) is 0 Å². The summed E-state index contributed by atoms with van der Waals surface area (Å²) >= 11 is 5.17. The number of unbranched alkanes of at least 4 members (excludes halogenated alkanes) is 4. The Kier molecular flexibility index (Phi) is 8.78. The molecule has 0 amide bonds. The van der Waals surface area contributed by atoms with Gasteiger partial charge in [-0.05, 0) is 12.8 Å². The third-order valence-corrected chi connectivity index (χ3v) is 4.77. The van der Waals surface area contributed by atoms with Crippen LogP contribution in [0.25, 0.3) is 0 Å². The predicted molar refractivity (Wildman–Crippen MR) is 74.4 cm³/mol. The summed E-state index contributed by atoms with van der Waals surface area (Å²) in [5.41, 5.74) is 0. The largest absolute Gasteiger partial charge is 0.0732 e. The van der Waals surface area contributed by atoms with Gasteiger partial charge >= 0.3 is 0 Å². The Balaban J connectivity index is 3.19. The summed E-state index contributed by atoms with van der Waals surface area (Å²) in [5.74, 6) is 0. The van der Waals surface area contributed by atoms with Gasteiger partial charge in [0.15, 0.2) is 0 Å². The average Bonchev–Trinajstić information content (AvgIpc) is 2.04. The minimum atomic E-state index is 0.529. The van der Waals surface area contributed by atoms with Gasteiger partial charge in [0.1, 0.15) is 0 Å². The molecule has 0 radical (unpaired) electrons. The fourth-order valence-electron chi connectivity index (χ4n) is 1.16. The number of rotatable bonds is 7. The van der Waals surface area contributed by atoms with Crippen LogP contribution in [0, 0.1) is 0 Å². The Hall–Kier alpha value is 1.46. The number of alkyl halides is 2. The smallest absolute Gasteiger partial charge is 0.0672 e. The molecule has 74 valence electrons. The summed E-state index contributed by atoms with van der Waals surface area (Å²) in [4.78, 5) is 0. The van der Waals surface area contributed by atoms with E-state index < -0.39 is 0 Å². The van der Waals surface area contributed by atoms with Crippen LogP contribution in [0.2, 0.25) is 0 Å². The van der Waals surface area contributed by atoms with Crippen molar-refractivity contribution in [3.8, 4) is 0 Å². The van der Waals surface area contributed by atoms with E-state index in [4.69, 9.17) is 0 Å². The molecule has 0 heterocycles. The summed E-state index contributed by atoms with van der Waals surface area (Å²) in [7, 11) is 0. The molecule has 12 heavy (non-hydrogen) atoms. The molecule has 0 aliphatic rings. The molecule has 0 fully saturated rings. The average molecular weight is 394 g/mol. The van der Waals surface area contributed by atoms with Crippen LogP contribution < -0.4 is 0 Å². The molecular formula is C10H20I2. The van der Waals surface area contributed by atoms with Gasteiger partial charge in [-0.25, -0.2) is 0 Å². The molecule has 0 unspecified atom stereocenters. The Morgan fingerprint density at radius 3 is 2.00 bits per heavy atom. The highest BCUT2D eigenvalue weighted by Crippen LogP contribution is 2.36. The Labute approximate surface area is 105 Å². The fraction of sp³-hybridized carbons (Fsp3) is 1.00. The first-order chi connectivity index (χ1) is 5.62. The van der Waals surface area contributed by atoms with Crippen molar-refractivity contribution >= 4 is 45.2 Å². The van der Waals surface area contributed by atoms with Crippen molar-refractivity contribution in [1.82, 2.24) is 0 Å². The Bertz CT molecular complexity index is 100. The zero-order chi connectivity index (χ0) is 9.45. The van der Waals surface area contributed by atoms with Crippen LogP contribution in [-0.4, -0.2) is 1.43 Å². The normalized spacial score (nSPS) is 12.0. The second-order valence-corrected chi connectivity index (χ2v) is 9.57. The lowest BCUT2D eigenvalue weighted by atomic mass is 10.1. The van der Waals surface area contributed by atoms with Crippen LogP contribution >= 0.6 is 45.2 Å². The molecule has 0 aromatic heterocycles. The lowest BCUT2D eigenvalue weighted by Crippen LogP contribution is -2.07. The van der Waals surface area contributed by atoms with Crippen molar-refractivity contribution < 1.29 is 0 Å². The number of halogens is 2. The van der Waals surface area contributed by atoms with E-state index in [0.29, 0.717) is 1.43 Å². The first-order valence-corrected chi connectivity index (χ1v) is 7.16. The quantitative estimate of drug-likeness (QED) is 0.312. The molecule has 0 spiro atoms. The van der Waals surface area contributed by atoms with E-state index in [1.165, 1.54) is 44.9 Å². The molecule has 0 N–H and O–H groups in total. The molecule has 0 saturated carbocycles. The van der Waals surface area contributed by atoms with Gasteiger partial charge in [0.2, 0.25) is 0 Å². The maximum absolute atomic E-state index is 2.59. The lowest BCUT2D eigenvalue weighted by Gasteiger charge is -2.17. The second kappa shape index (κ2) is 7.83. The van der Waals surface area contributed by atoms with Crippen molar-refractivity contribution in [1.29, 1.82) is 0 Å². The number of hydrogen-bond acceptors (Lipinski definition) is 0. The highest BCUT2D eigenvalue weighted by atomic mass is 127. The highest BCUT2D eigenvalue weighted by molar-refractivity contribution is 14.2. The van der Waals surface area contributed by atoms with Gasteiger partial charge in [0.25, 0.3) is 0 Å². The van der Waals surface area contributed by atoms with Gasteiger partial charge in [0.05, 0.1) is 1.43 Å². The van der Waals surface area contributed by atoms with Crippen molar-refractivity contribution in [2.24, 2.45) is 0 Å². The molecule has 0 aliphatic carbocycles. The standard InChI is InChI=1S/C10H20I2/c1-3-5-6-7-8-9-10(11,12)4-2/h3-9H2,1-2H3. The van der Waals surface area contributed by atoms with Crippen LogP contribution in [0.4, 0.5) is 0 Å². The van der Waals surface area contributed by atoms with E-state index in [2.05, 4.69) is 59.0 Å². The molecule has 2 heteroatoms. The minimum absolute atomic E-state index is 0.529. The van der Waals surface area contributed by atoms with E-state index in [1.807, 2.05) is 0 Å². The van der Waals surface area contributed by atoms with E-state index in [0.717, 1.165) is 0 Å². The van der Waals surface area contributed by atoms with Gasteiger partial charge in [0, 0.05) is 0 Å². The van der Waals surface area contributed by atoms with Gasteiger partial charge in [-0.3, -0.25) is 0 Å². The van der Waals surface area contributed by atoms with Gasteiger partial charge in [-0.1, -0.05) is 91.1 Å². The van der Waals surface area contributed by atoms with E-state index in [1.54, 1.807) is 0 Å². The molecule has 0 rings (SSSR count). The van der Waals surface area contributed by atoms with Crippen LogP contribution in [0.1, 0.15) is 58.8 Å². The first-order valence-electron chi connectivity index (χ1n) is 5.00. The van der Waals surface area contributed by atoms with Gasteiger partial charge in [-0.15, -0.1) is 0 Å². The van der Waals surface area contributed by atoms with Crippen LogP contribution in [-0.2, 0) is 0 Å². The number of hydrogen-bond donors (Lipinski definition) is 0. The summed E-state index contributed by atoms with van der Waals surface area (Å²) in [6, 6.07) is 0. The van der Waals surface area contributed by atoms with Crippen molar-refractivity contribution in [3.63, 3.8) is 0 Å². The van der Waals surface area contributed by atoms with E-state index >= 15 is 0 Å². The summed E-state index contributed by atoms with van der Waals surface area (Å²) in [6.07, 6.45) is 9.73. The Morgan fingerprint density at radius 1 is 0.917 bits per heavy atom. The zero-order valence-corrected chi connectivity index (χ0v) is 12.5. The van der Waals surface area contributed by atoms with Crippen molar-refractivity contribution in [2.45, 2.75) is 60.2 Å². The Morgan fingerprint density at radius 2 is 1.50 bits per heavy atom. The molecule has 0 atom stereocenters. The topological polar surface area (TPSA) is 0 Å². The zero-order valence-electron chi connectivity index (χ0n) is 8.21. The van der Waals surface area contributed by atoms with Crippen molar-refractivity contribution in [2.75, 3.05) is 0 Å². The second-order valence-electron chi connectivity index (χ2n) is 3.37. The molecular weight excluding hydrogens is 374 g/mol. The third kappa shape index (κ3) is 8.08. The minimum Gasteiger partial charge on any atom is -0.0672 e. The molecule has 0 aromatic carbocycles. The van der Waals surface area contributed by atoms with Gasteiger partial charge < -0.3 is 0 Å². The highest BCUT2D eigenvalue weighted by Gasteiger charge is 2.18.